The Morgan fingerprint density at radius 2 is 1.57 bits per heavy atom. The quantitative estimate of drug-likeness (QED) is 0.750. The van der Waals surface area contributed by atoms with Crippen molar-refractivity contribution >= 4 is 15.9 Å². The molecular formula is C23H28N2O4S. The molecule has 7 heteroatoms. The summed E-state index contributed by atoms with van der Waals surface area (Å²) in [5, 5.41) is 0. The number of likely N-dealkylation sites (tertiary alicyclic amines) is 1. The topological polar surface area (TPSA) is 66.9 Å². The Labute approximate surface area is 178 Å². The minimum atomic E-state index is -3.84. The molecule has 2 aromatic rings. The Morgan fingerprint density at radius 3 is 2.20 bits per heavy atom. The van der Waals surface area contributed by atoms with Crippen molar-refractivity contribution in [3.63, 3.8) is 0 Å². The number of rotatable bonds is 4. The second-order valence-electron chi connectivity index (χ2n) is 7.95. The summed E-state index contributed by atoms with van der Waals surface area (Å²) in [4.78, 5) is 15.5. The van der Waals surface area contributed by atoms with Crippen LogP contribution in [0.1, 0.15) is 36.8 Å². The van der Waals surface area contributed by atoms with Gasteiger partial charge in [0, 0.05) is 19.6 Å². The summed E-state index contributed by atoms with van der Waals surface area (Å²) in [6.45, 7) is 1.61. The standard InChI is InChI=1S/C23H28N2O4S/c1-29-20-10-12-21(13-11-20)30(27,28)25-17-19-9-5-4-8-18(19)16-22(25)23(26)24-14-6-2-3-7-15-24/h4-5,8-13,22H,2-3,6-7,14-17H2,1H3/t22-/m0/s1. The van der Waals surface area contributed by atoms with Crippen LogP contribution >= 0.6 is 0 Å². The van der Waals surface area contributed by atoms with Gasteiger partial charge in [-0.05, 0) is 54.7 Å². The lowest BCUT2D eigenvalue weighted by Gasteiger charge is -2.37. The van der Waals surface area contributed by atoms with Crippen LogP contribution in [0.3, 0.4) is 0 Å². The van der Waals surface area contributed by atoms with Crippen LogP contribution in [0.4, 0.5) is 0 Å². The monoisotopic (exact) mass is 428 g/mol. The zero-order chi connectivity index (χ0) is 21.1. The van der Waals surface area contributed by atoms with Crippen LogP contribution in [0.5, 0.6) is 5.75 Å². The maximum absolute atomic E-state index is 13.6. The molecule has 2 aliphatic rings. The summed E-state index contributed by atoms with van der Waals surface area (Å²) < 4.78 is 33.7. The van der Waals surface area contributed by atoms with Gasteiger partial charge in [0.05, 0.1) is 12.0 Å². The Kier molecular flexibility index (Phi) is 6.11. The van der Waals surface area contributed by atoms with Gasteiger partial charge in [-0.25, -0.2) is 8.42 Å². The molecule has 0 bridgehead atoms. The third-order valence-electron chi connectivity index (χ3n) is 6.07. The Morgan fingerprint density at radius 1 is 0.933 bits per heavy atom. The highest BCUT2D eigenvalue weighted by Gasteiger charge is 2.41. The molecule has 0 aliphatic carbocycles. The minimum absolute atomic E-state index is 0.0801. The first-order valence-corrected chi connectivity index (χ1v) is 12.0. The van der Waals surface area contributed by atoms with E-state index in [1.165, 1.54) is 4.31 Å². The molecule has 2 aliphatic heterocycles. The predicted octanol–water partition coefficient (Wildman–Crippen LogP) is 3.21. The molecule has 0 N–H and O–H groups in total. The average Bonchev–Trinajstić information content (AvgIpc) is 3.07. The molecule has 2 heterocycles. The normalized spacial score (nSPS) is 20.3. The molecule has 6 nitrogen and oxygen atoms in total. The number of benzene rings is 2. The highest BCUT2D eigenvalue weighted by molar-refractivity contribution is 7.89. The number of hydrogen-bond donors (Lipinski definition) is 0. The van der Waals surface area contributed by atoms with Gasteiger partial charge in [0.1, 0.15) is 11.8 Å². The number of sulfonamides is 1. The molecule has 1 fully saturated rings. The molecule has 0 aromatic heterocycles. The minimum Gasteiger partial charge on any atom is -0.497 e. The van der Waals surface area contributed by atoms with Gasteiger partial charge in [-0.2, -0.15) is 4.31 Å². The molecule has 0 spiro atoms. The third kappa shape index (κ3) is 4.09. The van der Waals surface area contributed by atoms with Crippen LogP contribution in [-0.4, -0.2) is 49.8 Å². The van der Waals surface area contributed by atoms with Crippen LogP contribution in [0, 0.1) is 0 Å². The summed E-state index contributed by atoms with van der Waals surface area (Å²) >= 11 is 0. The number of methoxy groups -OCH3 is 1. The summed E-state index contributed by atoms with van der Waals surface area (Å²) in [7, 11) is -2.30. The van der Waals surface area contributed by atoms with E-state index in [9.17, 15) is 13.2 Å². The van der Waals surface area contributed by atoms with E-state index in [1.54, 1.807) is 31.4 Å². The van der Waals surface area contributed by atoms with Gasteiger partial charge in [-0.3, -0.25) is 4.79 Å². The van der Waals surface area contributed by atoms with Gasteiger partial charge in [0.15, 0.2) is 0 Å². The van der Waals surface area contributed by atoms with Crippen molar-refractivity contribution in [1.29, 1.82) is 0 Å². The zero-order valence-corrected chi connectivity index (χ0v) is 18.1. The largest absolute Gasteiger partial charge is 0.497 e. The number of carbonyl (C=O) groups excluding carboxylic acids is 1. The van der Waals surface area contributed by atoms with Crippen molar-refractivity contribution in [2.24, 2.45) is 0 Å². The molecular weight excluding hydrogens is 400 g/mol. The number of nitrogens with zero attached hydrogens (tertiary/aromatic N) is 2. The highest BCUT2D eigenvalue weighted by atomic mass is 32.2. The summed E-state index contributed by atoms with van der Waals surface area (Å²) in [6, 6.07) is 13.4. The van der Waals surface area contributed by atoms with E-state index < -0.39 is 16.1 Å². The predicted molar refractivity (Wildman–Crippen MR) is 115 cm³/mol. The van der Waals surface area contributed by atoms with Crippen LogP contribution in [-0.2, 0) is 27.8 Å². The second kappa shape index (κ2) is 8.78. The highest BCUT2D eigenvalue weighted by Crippen LogP contribution is 2.31. The van der Waals surface area contributed by atoms with Gasteiger partial charge in [-0.1, -0.05) is 37.1 Å². The lowest BCUT2D eigenvalue weighted by molar-refractivity contribution is -0.135. The fourth-order valence-corrected chi connectivity index (χ4v) is 5.91. The van der Waals surface area contributed by atoms with Gasteiger partial charge in [0.2, 0.25) is 15.9 Å². The van der Waals surface area contributed by atoms with Crippen molar-refractivity contribution in [2.45, 2.75) is 49.6 Å². The van der Waals surface area contributed by atoms with Crippen LogP contribution in [0.25, 0.3) is 0 Å². The summed E-state index contributed by atoms with van der Waals surface area (Å²) in [6.07, 6.45) is 4.58. The number of amides is 1. The molecule has 160 valence electrons. The first-order chi connectivity index (χ1) is 14.5. The van der Waals surface area contributed by atoms with Crippen molar-refractivity contribution in [2.75, 3.05) is 20.2 Å². The maximum atomic E-state index is 13.6. The lowest BCUT2D eigenvalue weighted by atomic mass is 9.95. The molecule has 30 heavy (non-hydrogen) atoms. The van der Waals surface area contributed by atoms with Crippen molar-refractivity contribution < 1.29 is 17.9 Å². The van der Waals surface area contributed by atoms with Gasteiger partial charge in [-0.15, -0.1) is 0 Å². The van der Waals surface area contributed by atoms with Crippen LogP contribution in [0.15, 0.2) is 53.4 Å². The molecule has 1 atom stereocenters. The number of hydrogen-bond acceptors (Lipinski definition) is 4. The smallest absolute Gasteiger partial charge is 0.244 e. The van der Waals surface area contributed by atoms with E-state index in [0.29, 0.717) is 25.3 Å². The maximum Gasteiger partial charge on any atom is 0.244 e. The van der Waals surface area contributed by atoms with Crippen molar-refractivity contribution in [1.82, 2.24) is 9.21 Å². The lowest BCUT2D eigenvalue weighted by Crippen LogP contribution is -2.53. The molecule has 4 rings (SSSR count). The zero-order valence-electron chi connectivity index (χ0n) is 17.3. The Balaban J connectivity index is 1.70. The molecule has 1 amide bonds. The SMILES string of the molecule is COc1ccc(S(=O)(=O)N2Cc3ccccc3C[C@H]2C(=O)N2CCCCCC2)cc1. The van der Waals surface area contributed by atoms with E-state index in [2.05, 4.69) is 0 Å². The number of carbonyl (C=O) groups is 1. The fraction of sp³-hybridized carbons (Fsp3) is 0.435. The Bertz CT molecular complexity index is 996. The van der Waals surface area contributed by atoms with Crippen molar-refractivity contribution in [3.8, 4) is 5.75 Å². The van der Waals surface area contributed by atoms with E-state index >= 15 is 0 Å². The van der Waals surface area contributed by atoms with E-state index in [0.717, 1.165) is 36.8 Å². The van der Waals surface area contributed by atoms with Gasteiger partial charge >= 0.3 is 0 Å². The number of fused-ring (bicyclic) bond motifs is 1. The molecule has 2 aromatic carbocycles. The molecule has 0 radical (unpaired) electrons. The van der Waals surface area contributed by atoms with Crippen LogP contribution in [0.2, 0.25) is 0 Å². The van der Waals surface area contributed by atoms with Crippen molar-refractivity contribution in [3.05, 3.63) is 59.7 Å². The van der Waals surface area contributed by atoms with Crippen LogP contribution < -0.4 is 4.74 Å². The van der Waals surface area contributed by atoms with E-state index in [-0.39, 0.29) is 17.3 Å². The molecule has 0 unspecified atom stereocenters. The average molecular weight is 429 g/mol. The first kappa shape index (κ1) is 20.9. The van der Waals surface area contributed by atoms with Gasteiger partial charge < -0.3 is 9.64 Å². The van der Waals surface area contributed by atoms with E-state index in [4.69, 9.17) is 4.74 Å². The molecule has 0 saturated carbocycles. The fourth-order valence-electron chi connectivity index (χ4n) is 4.35. The summed E-state index contributed by atoms with van der Waals surface area (Å²) in [5.74, 6) is 0.513. The number of ether oxygens (including phenoxy) is 1. The van der Waals surface area contributed by atoms with E-state index in [1.807, 2.05) is 29.2 Å². The second-order valence-corrected chi connectivity index (χ2v) is 9.84. The first-order valence-electron chi connectivity index (χ1n) is 10.5. The molecule has 1 saturated heterocycles. The Hall–Kier alpha value is -2.38. The summed E-state index contributed by atoms with van der Waals surface area (Å²) in [5.41, 5.74) is 2.00. The third-order valence-corrected chi connectivity index (χ3v) is 7.94. The van der Waals surface area contributed by atoms with Gasteiger partial charge in [0.25, 0.3) is 0 Å².